The molecule has 1 heterocycles. The van der Waals surface area contributed by atoms with E-state index >= 15 is 0 Å². The zero-order valence-corrected chi connectivity index (χ0v) is 13.6. The van der Waals surface area contributed by atoms with Crippen LogP contribution < -0.4 is 10.1 Å². The van der Waals surface area contributed by atoms with E-state index in [9.17, 15) is 0 Å². The number of hydrogen-bond donors (Lipinski definition) is 1. The molecule has 5 nitrogen and oxygen atoms in total. The Balaban J connectivity index is 2.17. The van der Waals surface area contributed by atoms with Crippen molar-refractivity contribution in [1.29, 1.82) is 0 Å². The molecular weight excluding hydrogens is 288 g/mol. The molecule has 0 saturated carbocycles. The molecule has 0 fully saturated rings. The fraction of sp³-hybridized carbons (Fsp3) is 0.222. The summed E-state index contributed by atoms with van der Waals surface area (Å²) >= 11 is 0. The van der Waals surface area contributed by atoms with Gasteiger partial charge in [0.15, 0.2) is 5.82 Å². The van der Waals surface area contributed by atoms with E-state index in [4.69, 9.17) is 4.74 Å². The minimum absolute atomic E-state index is 0.806. The number of methoxy groups -OCH3 is 1. The van der Waals surface area contributed by atoms with Crippen LogP contribution in [0.4, 0.5) is 5.69 Å². The van der Waals surface area contributed by atoms with Crippen molar-refractivity contribution in [1.82, 2.24) is 14.8 Å². The van der Waals surface area contributed by atoms with Gasteiger partial charge in [-0.3, -0.25) is 4.57 Å². The minimum atomic E-state index is 0.806. The molecule has 0 radical (unpaired) electrons. The first-order valence-corrected chi connectivity index (χ1v) is 7.64. The van der Waals surface area contributed by atoms with Crippen LogP contribution in [0.5, 0.6) is 5.75 Å². The highest BCUT2D eigenvalue weighted by molar-refractivity contribution is 5.74. The molecule has 0 spiro atoms. The van der Waals surface area contributed by atoms with Crippen LogP contribution in [0.25, 0.3) is 17.1 Å². The first-order chi connectivity index (χ1) is 11.3. The van der Waals surface area contributed by atoms with E-state index in [1.54, 1.807) is 7.11 Å². The zero-order chi connectivity index (χ0) is 16.2. The van der Waals surface area contributed by atoms with Crippen molar-refractivity contribution < 1.29 is 4.74 Å². The standard InChI is InChI=1S/C18H20N4O/c1-4-17-20-21-18(15-7-5-6-8-16(15)19-2)22(17)13-9-11-14(23-3)12-10-13/h5-12,19H,4H2,1-3H3. The number of nitrogens with zero attached hydrogens (tertiary/aromatic N) is 3. The number of rotatable bonds is 5. The highest BCUT2D eigenvalue weighted by atomic mass is 16.5. The quantitative estimate of drug-likeness (QED) is 0.783. The van der Waals surface area contributed by atoms with Crippen LogP contribution in [0.15, 0.2) is 48.5 Å². The Bertz CT molecular complexity index is 793. The lowest BCUT2D eigenvalue weighted by Gasteiger charge is -2.13. The van der Waals surface area contributed by atoms with Crippen molar-refractivity contribution in [2.75, 3.05) is 19.5 Å². The summed E-state index contributed by atoms with van der Waals surface area (Å²) in [4.78, 5) is 0. The van der Waals surface area contributed by atoms with Gasteiger partial charge in [-0.2, -0.15) is 0 Å². The van der Waals surface area contributed by atoms with E-state index in [2.05, 4.69) is 33.1 Å². The zero-order valence-electron chi connectivity index (χ0n) is 13.6. The average molecular weight is 308 g/mol. The van der Waals surface area contributed by atoms with Gasteiger partial charge < -0.3 is 10.1 Å². The van der Waals surface area contributed by atoms with E-state index < -0.39 is 0 Å². The third-order valence-electron chi connectivity index (χ3n) is 3.81. The van der Waals surface area contributed by atoms with Crippen LogP contribution in [0.2, 0.25) is 0 Å². The van der Waals surface area contributed by atoms with Crippen LogP contribution in [0.1, 0.15) is 12.7 Å². The topological polar surface area (TPSA) is 52.0 Å². The Labute approximate surface area is 135 Å². The number of anilines is 1. The van der Waals surface area contributed by atoms with Crippen molar-refractivity contribution in [3.8, 4) is 22.8 Å². The van der Waals surface area contributed by atoms with Crippen LogP contribution in [0, 0.1) is 0 Å². The third kappa shape index (κ3) is 2.77. The van der Waals surface area contributed by atoms with Gasteiger partial charge >= 0.3 is 0 Å². The summed E-state index contributed by atoms with van der Waals surface area (Å²) < 4.78 is 7.34. The lowest BCUT2D eigenvalue weighted by atomic mass is 10.1. The smallest absolute Gasteiger partial charge is 0.170 e. The van der Waals surface area contributed by atoms with Crippen molar-refractivity contribution in [2.24, 2.45) is 0 Å². The minimum Gasteiger partial charge on any atom is -0.497 e. The molecule has 23 heavy (non-hydrogen) atoms. The fourth-order valence-corrected chi connectivity index (χ4v) is 2.62. The molecule has 0 saturated heterocycles. The molecule has 0 bridgehead atoms. The van der Waals surface area contributed by atoms with Crippen LogP contribution in [0.3, 0.4) is 0 Å². The van der Waals surface area contributed by atoms with Gasteiger partial charge in [0, 0.05) is 30.4 Å². The number of para-hydroxylation sites is 1. The summed E-state index contributed by atoms with van der Waals surface area (Å²) in [6.45, 7) is 2.08. The van der Waals surface area contributed by atoms with Gasteiger partial charge in [-0.05, 0) is 36.4 Å². The molecule has 5 heteroatoms. The predicted molar refractivity (Wildman–Crippen MR) is 92.3 cm³/mol. The monoisotopic (exact) mass is 308 g/mol. The predicted octanol–water partition coefficient (Wildman–Crippen LogP) is 3.55. The number of benzene rings is 2. The Kier molecular flexibility index (Phi) is 4.28. The van der Waals surface area contributed by atoms with E-state index in [0.29, 0.717) is 0 Å². The summed E-state index contributed by atoms with van der Waals surface area (Å²) in [5, 5.41) is 12.0. The maximum atomic E-state index is 5.24. The van der Waals surface area contributed by atoms with E-state index in [1.165, 1.54) is 0 Å². The average Bonchev–Trinajstić information content (AvgIpc) is 3.05. The van der Waals surface area contributed by atoms with E-state index in [-0.39, 0.29) is 0 Å². The summed E-state index contributed by atoms with van der Waals surface area (Å²) in [6, 6.07) is 16.0. The SMILES string of the molecule is CCc1nnc(-c2ccccc2NC)n1-c1ccc(OC)cc1. The highest BCUT2D eigenvalue weighted by Gasteiger charge is 2.16. The molecule has 0 aliphatic heterocycles. The molecular formula is C18H20N4O. The molecule has 0 aliphatic carbocycles. The maximum absolute atomic E-state index is 5.24. The van der Waals surface area contributed by atoms with E-state index in [0.717, 1.165) is 40.8 Å². The molecule has 0 atom stereocenters. The second-order valence-electron chi connectivity index (χ2n) is 5.12. The van der Waals surface area contributed by atoms with Crippen molar-refractivity contribution in [3.63, 3.8) is 0 Å². The fourth-order valence-electron chi connectivity index (χ4n) is 2.62. The summed E-state index contributed by atoms with van der Waals surface area (Å²) in [7, 11) is 3.58. The molecule has 0 amide bonds. The van der Waals surface area contributed by atoms with Gasteiger partial charge in [-0.25, -0.2) is 0 Å². The summed E-state index contributed by atoms with van der Waals surface area (Å²) in [5.41, 5.74) is 3.07. The molecule has 0 unspecified atom stereocenters. The molecule has 0 aliphatic rings. The Morgan fingerprint density at radius 2 is 1.78 bits per heavy atom. The Morgan fingerprint density at radius 1 is 1.04 bits per heavy atom. The maximum Gasteiger partial charge on any atom is 0.170 e. The molecule has 2 aromatic carbocycles. The van der Waals surface area contributed by atoms with Crippen LogP contribution >= 0.6 is 0 Å². The third-order valence-corrected chi connectivity index (χ3v) is 3.81. The highest BCUT2D eigenvalue weighted by Crippen LogP contribution is 2.29. The molecule has 1 N–H and O–H groups in total. The Morgan fingerprint density at radius 3 is 2.43 bits per heavy atom. The largest absolute Gasteiger partial charge is 0.497 e. The van der Waals surface area contributed by atoms with Crippen molar-refractivity contribution in [3.05, 3.63) is 54.4 Å². The number of aromatic nitrogens is 3. The van der Waals surface area contributed by atoms with Gasteiger partial charge in [-0.1, -0.05) is 19.1 Å². The lowest BCUT2D eigenvalue weighted by molar-refractivity contribution is 0.414. The first kappa shape index (κ1) is 15.1. The summed E-state index contributed by atoms with van der Waals surface area (Å²) in [6.07, 6.45) is 0.806. The van der Waals surface area contributed by atoms with Crippen LogP contribution in [-0.2, 0) is 6.42 Å². The normalized spacial score (nSPS) is 10.6. The van der Waals surface area contributed by atoms with Gasteiger partial charge in [0.1, 0.15) is 11.6 Å². The van der Waals surface area contributed by atoms with E-state index in [1.807, 2.05) is 49.5 Å². The van der Waals surface area contributed by atoms with Crippen molar-refractivity contribution >= 4 is 5.69 Å². The molecule has 3 rings (SSSR count). The number of ether oxygens (including phenoxy) is 1. The summed E-state index contributed by atoms with van der Waals surface area (Å²) in [5.74, 6) is 2.59. The molecule has 1 aromatic heterocycles. The second kappa shape index (κ2) is 6.52. The lowest BCUT2D eigenvalue weighted by Crippen LogP contribution is -2.03. The Hall–Kier alpha value is -2.82. The van der Waals surface area contributed by atoms with Crippen LogP contribution in [-0.4, -0.2) is 28.9 Å². The van der Waals surface area contributed by atoms with Gasteiger partial charge in [0.05, 0.1) is 7.11 Å². The van der Waals surface area contributed by atoms with Gasteiger partial charge in [-0.15, -0.1) is 10.2 Å². The number of aryl methyl sites for hydroxylation is 1. The first-order valence-electron chi connectivity index (χ1n) is 7.64. The second-order valence-corrected chi connectivity index (χ2v) is 5.12. The molecule has 3 aromatic rings. The van der Waals surface area contributed by atoms with Gasteiger partial charge in [0.25, 0.3) is 0 Å². The number of nitrogens with one attached hydrogen (secondary N) is 1. The van der Waals surface area contributed by atoms with Crippen molar-refractivity contribution in [2.45, 2.75) is 13.3 Å². The molecule has 118 valence electrons. The number of hydrogen-bond acceptors (Lipinski definition) is 4. The van der Waals surface area contributed by atoms with Gasteiger partial charge in [0.2, 0.25) is 0 Å².